The fraction of sp³-hybridized carbons (Fsp3) is 0.154. The third-order valence-electron chi connectivity index (χ3n) is 6.25. The molecule has 9 heteroatoms. The number of fused-ring (bicyclic) bond motifs is 5. The summed E-state index contributed by atoms with van der Waals surface area (Å²) >= 11 is 6.46. The minimum atomic E-state index is 0.193. The number of hydrazone groups is 1. The molecule has 0 amide bonds. The summed E-state index contributed by atoms with van der Waals surface area (Å²) in [5.74, 6) is 2.10. The Kier molecular flexibility index (Phi) is 4.94. The van der Waals surface area contributed by atoms with Crippen molar-refractivity contribution in [3.8, 4) is 17.6 Å². The quantitative estimate of drug-likeness (QED) is 0.203. The summed E-state index contributed by atoms with van der Waals surface area (Å²) in [7, 11) is 0. The molecule has 3 aromatic heterocycles. The van der Waals surface area contributed by atoms with Gasteiger partial charge in [-0.25, -0.2) is 9.97 Å². The summed E-state index contributed by atoms with van der Waals surface area (Å²) in [6.45, 7) is 4.19. The second kappa shape index (κ2) is 8.15. The maximum Gasteiger partial charge on any atom is 0.231 e. The highest BCUT2D eigenvalue weighted by molar-refractivity contribution is 6.32. The summed E-state index contributed by atoms with van der Waals surface area (Å²) in [6, 6.07) is 15.7. The van der Waals surface area contributed by atoms with Crippen molar-refractivity contribution in [1.82, 2.24) is 14.4 Å². The molecule has 0 atom stereocenters. The molecule has 0 unspecified atom stereocenters. The number of nitrogens with one attached hydrogen (secondary N) is 1. The molecule has 0 saturated carbocycles. The van der Waals surface area contributed by atoms with E-state index in [0.29, 0.717) is 45.4 Å². The van der Waals surface area contributed by atoms with Gasteiger partial charge in [0.25, 0.3) is 0 Å². The lowest BCUT2D eigenvalue weighted by molar-refractivity contribution is 0.174. The molecule has 0 spiro atoms. The molecule has 0 bridgehead atoms. The van der Waals surface area contributed by atoms with E-state index in [1.807, 2.05) is 53.8 Å². The van der Waals surface area contributed by atoms with Gasteiger partial charge in [0.2, 0.25) is 6.79 Å². The van der Waals surface area contributed by atoms with Gasteiger partial charge in [-0.1, -0.05) is 30.7 Å². The zero-order valence-electron chi connectivity index (χ0n) is 19.0. The molecular weight excluding hydrogens is 464 g/mol. The van der Waals surface area contributed by atoms with E-state index in [1.54, 1.807) is 6.21 Å². The monoisotopic (exact) mass is 482 g/mol. The van der Waals surface area contributed by atoms with Crippen LogP contribution >= 0.6 is 11.6 Å². The maximum atomic E-state index is 9.86. The van der Waals surface area contributed by atoms with Crippen LogP contribution in [0.2, 0.25) is 5.15 Å². The van der Waals surface area contributed by atoms with Gasteiger partial charge in [-0.2, -0.15) is 10.4 Å². The first-order valence-electron chi connectivity index (χ1n) is 11.1. The van der Waals surface area contributed by atoms with E-state index in [1.165, 1.54) is 0 Å². The molecule has 5 aromatic rings. The van der Waals surface area contributed by atoms with Crippen molar-refractivity contribution >= 4 is 51.2 Å². The Labute approximate surface area is 205 Å². The molecule has 0 aliphatic carbocycles. The number of imidazole rings is 1. The van der Waals surface area contributed by atoms with Crippen LogP contribution in [0.5, 0.6) is 11.5 Å². The van der Waals surface area contributed by atoms with Crippen molar-refractivity contribution in [2.24, 2.45) is 5.10 Å². The highest BCUT2D eigenvalue weighted by Gasteiger charge is 2.20. The number of rotatable bonds is 4. The number of para-hydroxylation sites is 2. The van der Waals surface area contributed by atoms with Crippen LogP contribution in [0.3, 0.4) is 0 Å². The fourth-order valence-corrected chi connectivity index (χ4v) is 4.74. The number of pyridine rings is 2. The van der Waals surface area contributed by atoms with E-state index >= 15 is 0 Å². The van der Waals surface area contributed by atoms with E-state index in [4.69, 9.17) is 26.1 Å². The van der Waals surface area contributed by atoms with Gasteiger partial charge in [0.1, 0.15) is 17.0 Å². The standard InChI is InChI=1S/C26H19ClN6O2/c1-3-17-14(2)18(11-28)25-31-19-6-4-5-7-21(19)33(25)26(17)32-29-12-16-8-15-9-22-23(35-13-34-22)10-20(15)30-24(16)27/h4-10,12,32H,3,13H2,1-2H3/b29-12+. The molecule has 1 aliphatic rings. The Morgan fingerprint density at radius 2 is 1.97 bits per heavy atom. The largest absolute Gasteiger partial charge is 0.454 e. The molecule has 172 valence electrons. The third-order valence-corrected chi connectivity index (χ3v) is 6.55. The normalized spacial score (nSPS) is 12.7. The first-order chi connectivity index (χ1) is 17.1. The molecule has 1 aliphatic heterocycles. The lowest BCUT2D eigenvalue weighted by Crippen LogP contribution is -2.07. The minimum Gasteiger partial charge on any atom is -0.454 e. The summed E-state index contributed by atoms with van der Waals surface area (Å²) in [6.07, 6.45) is 2.35. The smallest absolute Gasteiger partial charge is 0.231 e. The van der Waals surface area contributed by atoms with Gasteiger partial charge in [0, 0.05) is 17.0 Å². The Morgan fingerprint density at radius 3 is 2.77 bits per heavy atom. The SMILES string of the molecule is CCc1c(C)c(C#N)c2nc3ccccc3n2c1N/N=C/c1cc2cc3c(cc2nc1Cl)OCO3. The molecular formula is C26H19ClN6O2. The second-order valence-electron chi connectivity index (χ2n) is 8.19. The van der Waals surface area contributed by atoms with Crippen LogP contribution in [0.1, 0.15) is 29.2 Å². The molecule has 2 aromatic carbocycles. The van der Waals surface area contributed by atoms with Crippen LogP contribution in [-0.4, -0.2) is 27.4 Å². The highest BCUT2D eigenvalue weighted by Crippen LogP contribution is 2.36. The minimum absolute atomic E-state index is 0.193. The molecule has 0 radical (unpaired) electrons. The van der Waals surface area contributed by atoms with E-state index < -0.39 is 0 Å². The number of nitriles is 1. The van der Waals surface area contributed by atoms with Crippen LogP contribution < -0.4 is 14.9 Å². The van der Waals surface area contributed by atoms with Crippen molar-refractivity contribution in [2.45, 2.75) is 20.3 Å². The number of hydrogen-bond donors (Lipinski definition) is 1. The Morgan fingerprint density at radius 1 is 1.17 bits per heavy atom. The molecule has 6 rings (SSSR count). The number of nitrogens with zero attached hydrogens (tertiary/aromatic N) is 5. The predicted molar refractivity (Wildman–Crippen MR) is 136 cm³/mol. The first-order valence-corrected chi connectivity index (χ1v) is 11.5. The van der Waals surface area contributed by atoms with Crippen molar-refractivity contribution in [1.29, 1.82) is 5.26 Å². The van der Waals surface area contributed by atoms with E-state index in [9.17, 15) is 5.26 Å². The fourth-order valence-electron chi connectivity index (χ4n) is 4.55. The van der Waals surface area contributed by atoms with E-state index in [2.05, 4.69) is 28.5 Å². The van der Waals surface area contributed by atoms with Gasteiger partial charge in [-0.3, -0.25) is 9.83 Å². The Bertz CT molecular complexity index is 1730. The number of halogens is 1. The van der Waals surface area contributed by atoms with E-state index in [0.717, 1.165) is 33.4 Å². The molecule has 4 heterocycles. The lowest BCUT2D eigenvalue weighted by atomic mass is 10.0. The first kappa shape index (κ1) is 21.2. The van der Waals surface area contributed by atoms with Crippen LogP contribution in [0.25, 0.3) is 27.6 Å². The number of aromatic nitrogens is 3. The summed E-state index contributed by atoms with van der Waals surface area (Å²) in [5, 5.41) is 15.6. The molecule has 35 heavy (non-hydrogen) atoms. The molecule has 0 fully saturated rings. The predicted octanol–water partition coefficient (Wildman–Crippen LogP) is 5.61. The van der Waals surface area contributed by atoms with E-state index in [-0.39, 0.29) is 6.79 Å². The van der Waals surface area contributed by atoms with Crippen LogP contribution in [0.4, 0.5) is 5.82 Å². The average Bonchev–Trinajstić information content (AvgIpc) is 3.47. The summed E-state index contributed by atoms with van der Waals surface area (Å²) in [5.41, 5.74) is 9.31. The number of hydrogen-bond acceptors (Lipinski definition) is 7. The highest BCUT2D eigenvalue weighted by atomic mass is 35.5. The maximum absolute atomic E-state index is 9.86. The zero-order chi connectivity index (χ0) is 24.1. The van der Waals surface area contributed by atoms with Crippen molar-refractivity contribution in [3.05, 3.63) is 69.9 Å². The zero-order valence-corrected chi connectivity index (χ0v) is 19.7. The molecule has 8 nitrogen and oxygen atoms in total. The third kappa shape index (κ3) is 3.32. The van der Waals surface area contributed by atoms with Crippen LogP contribution in [-0.2, 0) is 6.42 Å². The number of benzene rings is 2. The molecule has 1 N–H and O–H groups in total. The average molecular weight is 483 g/mol. The van der Waals surface area contributed by atoms with Gasteiger partial charge in [0.05, 0.1) is 28.3 Å². The van der Waals surface area contributed by atoms with Crippen molar-refractivity contribution < 1.29 is 9.47 Å². The van der Waals surface area contributed by atoms with Crippen molar-refractivity contribution in [2.75, 3.05) is 12.2 Å². The van der Waals surface area contributed by atoms with Crippen molar-refractivity contribution in [3.63, 3.8) is 0 Å². The Balaban J connectivity index is 1.46. The van der Waals surface area contributed by atoms with Gasteiger partial charge < -0.3 is 9.47 Å². The summed E-state index contributed by atoms with van der Waals surface area (Å²) < 4.78 is 12.9. The van der Waals surface area contributed by atoms with Gasteiger partial charge in [0.15, 0.2) is 17.1 Å². The summed E-state index contributed by atoms with van der Waals surface area (Å²) in [4.78, 5) is 9.21. The van der Waals surface area contributed by atoms with Gasteiger partial charge in [-0.05, 0) is 48.7 Å². The lowest BCUT2D eigenvalue weighted by Gasteiger charge is -2.15. The van der Waals surface area contributed by atoms with Gasteiger partial charge >= 0.3 is 0 Å². The van der Waals surface area contributed by atoms with Crippen LogP contribution in [0.15, 0.2) is 47.6 Å². The topological polar surface area (TPSA) is 96.8 Å². The van der Waals surface area contributed by atoms with Crippen LogP contribution in [0, 0.1) is 18.3 Å². The molecule has 0 saturated heterocycles. The second-order valence-corrected chi connectivity index (χ2v) is 8.55. The Hall–Kier alpha value is -4.35. The number of ether oxygens (including phenoxy) is 2. The van der Waals surface area contributed by atoms with Gasteiger partial charge in [-0.15, -0.1) is 0 Å². The number of anilines is 1.